The highest BCUT2D eigenvalue weighted by atomic mass is 32.1. The van der Waals surface area contributed by atoms with Crippen molar-refractivity contribution in [1.82, 2.24) is 0 Å². The number of fused-ring (bicyclic) bond motifs is 1. The topological polar surface area (TPSA) is 55.4 Å². The van der Waals surface area contributed by atoms with Crippen LogP contribution in [0.5, 0.6) is 0 Å². The third-order valence-corrected chi connectivity index (χ3v) is 5.78. The number of anilines is 1. The van der Waals surface area contributed by atoms with Crippen LogP contribution in [-0.4, -0.2) is 18.5 Å². The first-order valence-electron chi connectivity index (χ1n) is 8.69. The molecular weight excluding hydrogens is 334 g/mol. The lowest BCUT2D eigenvalue weighted by Gasteiger charge is -2.18. The summed E-state index contributed by atoms with van der Waals surface area (Å²) in [5, 5.41) is 3.57. The van der Waals surface area contributed by atoms with Crippen LogP contribution < -0.4 is 5.32 Å². The molecule has 4 nitrogen and oxygen atoms in total. The Morgan fingerprint density at radius 3 is 2.80 bits per heavy atom. The molecule has 0 saturated heterocycles. The number of hydrogen-bond donors (Lipinski definition) is 1. The van der Waals surface area contributed by atoms with E-state index in [9.17, 15) is 9.59 Å². The molecule has 0 saturated carbocycles. The average Bonchev–Trinajstić information content (AvgIpc) is 2.92. The minimum Gasteiger partial charge on any atom is -0.462 e. The number of hydrogen-bond acceptors (Lipinski definition) is 4. The molecule has 1 aliphatic carbocycles. The van der Waals surface area contributed by atoms with Gasteiger partial charge in [-0.25, -0.2) is 4.79 Å². The molecule has 3 rings (SSSR count). The predicted octanol–water partition coefficient (Wildman–Crippen LogP) is 4.61. The summed E-state index contributed by atoms with van der Waals surface area (Å²) < 4.78 is 5.25. The van der Waals surface area contributed by atoms with Gasteiger partial charge in [0, 0.05) is 10.4 Å². The molecule has 0 unspecified atom stereocenters. The standard InChI is InChI=1S/C20H23NO3S/c1-4-24-20(23)17-15-10-9-12(2)11-16(15)25-19(17)21-18(22)14-8-6-5-7-13(14)3/h5-8,12H,4,9-11H2,1-3H3,(H,21,22)/t12-/m0/s1. The monoisotopic (exact) mass is 357 g/mol. The lowest BCUT2D eigenvalue weighted by Crippen LogP contribution is -2.17. The summed E-state index contributed by atoms with van der Waals surface area (Å²) >= 11 is 1.52. The fourth-order valence-corrected chi connectivity index (χ4v) is 4.65. The van der Waals surface area contributed by atoms with Crippen LogP contribution in [0.4, 0.5) is 5.00 Å². The van der Waals surface area contributed by atoms with E-state index in [-0.39, 0.29) is 11.9 Å². The number of thiophene rings is 1. The van der Waals surface area contributed by atoms with Gasteiger partial charge in [0.05, 0.1) is 12.2 Å². The Balaban J connectivity index is 1.96. The number of esters is 1. The van der Waals surface area contributed by atoms with Crippen molar-refractivity contribution in [2.45, 2.75) is 40.0 Å². The number of benzene rings is 1. The molecule has 0 fully saturated rings. The Bertz CT molecular complexity index is 809. The largest absolute Gasteiger partial charge is 0.462 e. The fraction of sp³-hybridized carbons (Fsp3) is 0.400. The minimum absolute atomic E-state index is 0.185. The Morgan fingerprint density at radius 2 is 2.08 bits per heavy atom. The van der Waals surface area contributed by atoms with Crippen LogP contribution in [0.3, 0.4) is 0 Å². The normalized spacial score (nSPS) is 16.2. The molecule has 25 heavy (non-hydrogen) atoms. The van der Waals surface area contributed by atoms with E-state index in [4.69, 9.17) is 4.74 Å². The molecule has 1 heterocycles. The second kappa shape index (κ2) is 7.40. The van der Waals surface area contributed by atoms with E-state index in [1.54, 1.807) is 13.0 Å². The van der Waals surface area contributed by atoms with Crippen molar-refractivity contribution >= 4 is 28.2 Å². The van der Waals surface area contributed by atoms with Crippen molar-refractivity contribution in [1.29, 1.82) is 0 Å². The number of carbonyl (C=O) groups excluding carboxylic acids is 2. The minimum atomic E-state index is -0.338. The van der Waals surface area contributed by atoms with Gasteiger partial charge in [0.15, 0.2) is 0 Å². The van der Waals surface area contributed by atoms with E-state index in [2.05, 4.69) is 12.2 Å². The summed E-state index contributed by atoms with van der Waals surface area (Å²) in [6.07, 6.45) is 2.87. The highest BCUT2D eigenvalue weighted by molar-refractivity contribution is 7.17. The van der Waals surface area contributed by atoms with E-state index < -0.39 is 0 Å². The summed E-state index contributed by atoms with van der Waals surface area (Å²) in [5.41, 5.74) is 3.14. The van der Waals surface area contributed by atoms with Crippen LogP contribution in [0, 0.1) is 12.8 Å². The Morgan fingerprint density at radius 1 is 1.32 bits per heavy atom. The molecule has 0 bridgehead atoms. The van der Waals surface area contributed by atoms with Gasteiger partial charge in [-0.1, -0.05) is 25.1 Å². The van der Waals surface area contributed by atoms with Gasteiger partial charge < -0.3 is 10.1 Å². The Labute approximate surface area is 152 Å². The molecular formula is C20H23NO3S. The van der Waals surface area contributed by atoms with Crippen LogP contribution in [-0.2, 0) is 17.6 Å². The molecule has 0 radical (unpaired) electrons. The van der Waals surface area contributed by atoms with Crippen molar-refractivity contribution in [3.8, 4) is 0 Å². The first kappa shape index (κ1) is 17.7. The van der Waals surface area contributed by atoms with Crippen molar-refractivity contribution in [2.24, 2.45) is 5.92 Å². The van der Waals surface area contributed by atoms with E-state index in [0.29, 0.717) is 28.7 Å². The molecule has 1 N–H and O–H groups in total. The molecule has 1 aliphatic rings. The van der Waals surface area contributed by atoms with E-state index in [1.165, 1.54) is 16.2 Å². The van der Waals surface area contributed by atoms with Crippen molar-refractivity contribution in [3.63, 3.8) is 0 Å². The predicted molar refractivity (Wildman–Crippen MR) is 101 cm³/mol. The first-order valence-corrected chi connectivity index (χ1v) is 9.51. The second-order valence-electron chi connectivity index (χ2n) is 6.55. The van der Waals surface area contributed by atoms with Crippen molar-refractivity contribution in [3.05, 3.63) is 51.4 Å². The highest BCUT2D eigenvalue weighted by Crippen LogP contribution is 2.40. The lowest BCUT2D eigenvalue weighted by molar-refractivity contribution is 0.0526. The van der Waals surface area contributed by atoms with E-state index in [1.807, 2.05) is 25.1 Å². The van der Waals surface area contributed by atoms with E-state index in [0.717, 1.165) is 30.4 Å². The Hall–Kier alpha value is -2.14. The summed E-state index contributed by atoms with van der Waals surface area (Å²) in [6, 6.07) is 7.45. The van der Waals surface area contributed by atoms with Crippen LogP contribution in [0.15, 0.2) is 24.3 Å². The molecule has 132 valence electrons. The fourth-order valence-electron chi connectivity index (χ4n) is 3.26. The lowest BCUT2D eigenvalue weighted by atomic mass is 9.88. The number of carbonyl (C=O) groups is 2. The van der Waals surface area contributed by atoms with Crippen molar-refractivity contribution in [2.75, 3.05) is 11.9 Å². The molecule has 1 atom stereocenters. The van der Waals surface area contributed by atoms with Crippen LogP contribution in [0.2, 0.25) is 0 Å². The van der Waals surface area contributed by atoms with Gasteiger partial charge in [-0.2, -0.15) is 0 Å². The molecule has 5 heteroatoms. The van der Waals surface area contributed by atoms with Gasteiger partial charge in [-0.15, -0.1) is 11.3 Å². The molecule has 0 aliphatic heterocycles. The zero-order chi connectivity index (χ0) is 18.0. The van der Waals surface area contributed by atoms with Gasteiger partial charge in [0.2, 0.25) is 0 Å². The zero-order valence-corrected chi connectivity index (χ0v) is 15.7. The number of aryl methyl sites for hydroxylation is 1. The maximum Gasteiger partial charge on any atom is 0.341 e. The smallest absolute Gasteiger partial charge is 0.341 e. The summed E-state index contributed by atoms with van der Waals surface area (Å²) in [5.74, 6) is 0.0750. The van der Waals surface area contributed by atoms with Crippen LogP contribution in [0.25, 0.3) is 0 Å². The first-order chi connectivity index (χ1) is 12.0. The molecule has 1 amide bonds. The summed E-state index contributed by atoms with van der Waals surface area (Å²) in [6.45, 7) is 6.25. The summed E-state index contributed by atoms with van der Waals surface area (Å²) in [7, 11) is 0. The van der Waals surface area contributed by atoms with Gasteiger partial charge in [0.25, 0.3) is 5.91 Å². The van der Waals surface area contributed by atoms with Crippen LogP contribution >= 0.6 is 11.3 Å². The van der Waals surface area contributed by atoms with Gasteiger partial charge in [-0.05, 0) is 56.2 Å². The van der Waals surface area contributed by atoms with Gasteiger partial charge in [0.1, 0.15) is 5.00 Å². The molecule has 2 aromatic rings. The maximum atomic E-state index is 12.7. The second-order valence-corrected chi connectivity index (χ2v) is 7.65. The third-order valence-electron chi connectivity index (χ3n) is 4.61. The molecule has 1 aromatic carbocycles. The van der Waals surface area contributed by atoms with Gasteiger partial charge >= 0.3 is 5.97 Å². The SMILES string of the molecule is CCOC(=O)c1c(NC(=O)c2ccccc2C)sc2c1CC[C@H](C)C2. The summed E-state index contributed by atoms with van der Waals surface area (Å²) in [4.78, 5) is 26.4. The number of amides is 1. The highest BCUT2D eigenvalue weighted by Gasteiger charge is 2.29. The zero-order valence-electron chi connectivity index (χ0n) is 14.8. The number of ether oxygens (including phenoxy) is 1. The Kier molecular flexibility index (Phi) is 5.23. The van der Waals surface area contributed by atoms with Crippen LogP contribution in [0.1, 0.15) is 57.0 Å². The van der Waals surface area contributed by atoms with E-state index >= 15 is 0 Å². The quantitative estimate of drug-likeness (QED) is 0.813. The van der Waals surface area contributed by atoms with Gasteiger partial charge in [-0.3, -0.25) is 4.79 Å². The molecule has 0 spiro atoms. The third kappa shape index (κ3) is 3.61. The van der Waals surface area contributed by atoms with Crippen molar-refractivity contribution < 1.29 is 14.3 Å². The number of nitrogens with one attached hydrogen (secondary N) is 1. The maximum absolute atomic E-state index is 12.7. The average molecular weight is 357 g/mol. The number of rotatable bonds is 4. The molecule has 1 aromatic heterocycles.